The topological polar surface area (TPSA) is 84.0 Å². The molecule has 0 saturated heterocycles. The lowest BCUT2D eigenvalue weighted by Crippen LogP contribution is -2.15. The zero-order valence-corrected chi connectivity index (χ0v) is 16.9. The Labute approximate surface area is 177 Å². The van der Waals surface area contributed by atoms with E-state index in [4.69, 9.17) is 0 Å². The van der Waals surface area contributed by atoms with Gasteiger partial charge in [0.05, 0.1) is 5.69 Å². The van der Waals surface area contributed by atoms with Gasteiger partial charge >= 0.3 is 0 Å². The lowest BCUT2D eigenvalue weighted by Gasteiger charge is -2.10. The number of carbonyl (C=O) groups is 2. The molecule has 7 heteroatoms. The summed E-state index contributed by atoms with van der Waals surface area (Å²) in [6, 6.07) is 17.9. The summed E-state index contributed by atoms with van der Waals surface area (Å²) in [4.78, 5) is 33.7. The minimum atomic E-state index is -0.294. The van der Waals surface area contributed by atoms with Crippen molar-refractivity contribution in [1.82, 2.24) is 9.97 Å². The molecule has 30 heavy (non-hydrogen) atoms. The van der Waals surface area contributed by atoms with Gasteiger partial charge in [0.25, 0.3) is 11.8 Å². The number of hydrogen-bond acceptors (Lipinski definition) is 5. The summed E-state index contributed by atoms with van der Waals surface area (Å²) in [6.07, 6.45) is 3.42. The minimum absolute atomic E-state index is 0.225. The second-order valence-electron chi connectivity index (χ2n) is 6.58. The van der Waals surface area contributed by atoms with E-state index >= 15 is 0 Å². The van der Waals surface area contributed by atoms with Crippen LogP contribution in [0.15, 0.2) is 78.4 Å². The highest BCUT2D eigenvalue weighted by Gasteiger charge is 2.13. The number of thiazole rings is 1. The maximum Gasteiger partial charge on any atom is 0.257 e. The molecule has 0 radical (unpaired) electrons. The SMILES string of the molecule is Cc1ccc(C(=O)Nc2nc(-c3cccnc3)cs2)cc1NC(=O)c1ccccc1. The Kier molecular flexibility index (Phi) is 5.63. The fourth-order valence-electron chi connectivity index (χ4n) is 2.83. The maximum atomic E-state index is 12.7. The Hall–Kier alpha value is -3.84. The van der Waals surface area contributed by atoms with Crippen molar-refractivity contribution in [2.75, 3.05) is 10.6 Å². The van der Waals surface area contributed by atoms with Gasteiger partial charge in [-0.15, -0.1) is 11.3 Å². The number of carbonyl (C=O) groups excluding carboxylic acids is 2. The third-order valence-corrected chi connectivity index (χ3v) is 5.22. The summed E-state index contributed by atoms with van der Waals surface area (Å²) >= 11 is 1.34. The molecule has 0 spiro atoms. The number of anilines is 2. The van der Waals surface area contributed by atoms with Crippen molar-refractivity contribution in [3.63, 3.8) is 0 Å². The highest BCUT2D eigenvalue weighted by molar-refractivity contribution is 7.14. The Bertz CT molecular complexity index is 1190. The first-order valence-corrected chi connectivity index (χ1v) is 10.1. The Morgan fingerprint density at radius 3 is 2.47 bits per heavy atom. The van der Waals surface area contributed by atoms with Crippen LogP contribution < -0.4 is 10.6 Å². The molecule has 2 aromatic carbocycles. The average molecular weight is 414 g/mol. The van der Waals surface area contributed by atoms with Crippen LogP contribution in [0.25, 0.3) is 11.3 Å². The first kappa shape index (κ1) is 19.5. The summed E-state index contributed by atoms with van der Waals surface area (Å²) in [5.41, 5.74) is 4.08. The maximum absolute atomic E-state index is 12.7. The molecule has 2 aromatic heterocycles. The van der Waals surface area contributed by atoms with E-state index in [0.29, 0.717) is 21.9 Å². The molecule has 2 amide bonds. The van der Waals surface area contributed by atoms with Crippen molar-refractivity contribution in [2.24, 2.45) is 0 Å². The summed E-state index contributed by atoms with van der Waals surface area (Å²) in [5.74, 6) is -0.519. The van der Waals surface area contributed by atoms with Gasteiger partial charge in [0, 0.05) is 40.2 Å². The molecule has 0 fully saturated rings. The lowest BCUT2D eigenvalue weighted by molar-refractivity contribution is 0.101. The first-order chi connectivity index (χ1) is 14.6. The number of rotatable bonds is 5. The Balaban J connectivity index is 1.49. The molecular weight excluding hydrogens is 396 g/mol. The van der Waals surface area contributed by atoms with Gasteiger partial charge in [0.15, 0.2) is 5.13 Å². The summed E-state index contributed by atoms with van der Waals surface area (Å²) in [6.45, 7) is 1.88. The zero-order valence-electron chi connectivity index (χ0n) is 16.1. The van der Waals surface area contributed by atoms with Gasteiger partial charge in [-0.05, 0) is 48.9 Å². The quantitative estimate of drug-likeness (QED) is 0.480. The van der Waals surface area contributed by atoms with Gasteiger partial charge in [-0.2, -0.15) is 0 Å². The van der Waals surface area contributed by atoms with Gasteiger partial charge < -0.3 is 5.32 Å². The molecule has 0 atom stereocenters. The van der Waals surface area contributed by atoms with Crippen LogP contribution in [0.5, 0.6) is 0 Å². The van der Waals surface area contributed by atoms with Crippen LogP contribution in [0.1, 0.15) is 26.3 Å². The monoisotopic (exact) mass is 414 g/mol. The fraction of sp³-hybridized carbons (Fsp3) is 0.0435. The molecule has 6 nitrogen and oxygen atoms in total. The van der Waals surface area contributed by atoms with Crippen molar-refractivity contribution in [1.29, 1.82) is 0 Å². The van der Waals surface area contributed by atoms with E-state index in [-0.39, 0.29) is 11.8 Å². The molecule has 2 heterocycles. The molecule has 0 aliphatic rings. The fourth-order valence-corrected chi connectivity index (χ4v) is 3.54. The second kappa shape index (κ2) is 8.67. The number of benzene rings is 2. The van der Waals surface area contributed by atoms with Crippen LogP contribution >= 0.6 is 11.3 Å². The summed E-state index contributed by atoms with van der Waals surface area (Å²) < 4.78 is 0. The molecule has 148 valence electrons. The number of nitrogens with one attached hydrogen (secondary N) is 2. The second-order valence-corrected chi connectivity index (χ2v) is 7.44. The first-order valence-electron chi connectivity index (χ1n) is 9.24. The molecule has 4 rings (SSSR count). The number of amides is 2. The molecule has 0 aliphatic carbocycles. The number of hydrogen-bond donors (Lipinski definition) is 2. The van der Waals surface area contributed by atoms with Gasteiger partial charge in [-0.3, -0.25) is 19.9 Å². The molecule has 2 N–H and O–H groups in total. The predicted molar refractivity (Wildman–Crippen MR) is 119 cm³/mol. The summed E-state index contributed by atoms with van der Waals surface area (Å²) in [5, 5.41) is 8.05. The predicted octanol–water partition coefficient (Wildman–Crippen LogP) is 5.02. The highest BCUT2D eigenvalue weighted by atomic mass is 32.1. The highest BCUT2D eigenvalue weighted by Crippen LogP contribution is 2.25. The van der Waals surface area contributed by atoms with Crippen LogP contribution in [0.4, 0.5) is 10.8 Å². The van der Waals surface area contributed by atoms with E-state index in [2.05, 4.69) is 20.6 Å². The largest absolute Gasteiger partial charge is 0.322 e. The van der Waals surface area contributed by atoms with E-state index < -0.39 is 0 Å². The molecule has 0 aliphatic heterocycles. The van der Waals surface area contributed by atoms with Crippen LogP contribution in [0.2, 0.25) is 0 Å². The van der Waals surface area contributed by atoms with Gasteiger partial charge in [0.2, 0.25) is 0 Å². The Morgan fingerprint density at radius 2 is 1.70 bits per heavy atom. The van der Waals surface area contributed by atoms with Gasteiger partial charge in [-0.1, -0.05) is 24.3 Å². The van der Waals surface area contributed by atoms with Crippen LogP contribution in [0.3, 0.4) is 0 Å². The van der Waals surface area contributed by atoms with Crippen molar-refractivity contribution >= 4 is 34.0 Å². The third kappa shape index (κ3) is 4.42. The van der Waals surface area contributed by atoms with Crippen LogP contribution in [-0.2, 0) is 0 Å². The molecule has 4 aromatic rings. The average Bonchev–Trinajstić information content (AvgIpc) is 3.25. The van der Waals surface area contributed by atoms with Crippen molar-refractivity contribution < 1.29 is 9.59 Å². The van der Waals surface area contributed by atoms with Gasteiger partial charge in [0.1, 0.15) is 0 Å². The third-order valence-electron chi connectivity index (χ3n) is 4.47. The molecular formula is C23H18N4O2S. The smallest absolute Gasteiger partial charge is 0.257 e. The molecule has 0 saturated carbocycles. The number of nitrogens with zero attached hydrogens (tertiary/aromatic N) is 2. The zero-order chi connectivity index (χ0) is 20.9. The Morgan fingerprint density at radius 1 is 0.900 bits per heavy atom. The van der Waals surface area contributed by atoms with E-state index in [0.717, 1.165) is 16.8 Å². The van der Waals surface area contributed by atoms with E-state index in [1.165, 1.54) is 11.3 Å². The van der Waals surface area contributed by atoms with E-state index in [1.807, 2.05) is 30.5 Å². The minimum Gasteiger partial charge on any atom is -0.322 e. The number of aromatic nitrogens is 2. The normalized spacial score (nSPS) is 10.4. The number of aryl methyl sites for hydroxylation is 1. The van der Waals surface area contributed by atoms with Crippen molar-refractivity contribution in [3.8, 4) is 11.3 Å². The molecule has 0 unspecified atom stereocenters. The lowest BCUT2D eigenvalue weighted by atomic mass is 10.1. The number of pyridine rings is 1. The van der Waals surface area contributed by atoms with Crippen LogP contribution in [-0.4, -0.2) is 21.8 Å². The van der Waals surface area contributed by atoms with Crippen LogP contribution in [0, 0.1) is 6.92 Å². The van der Waals surface area contributed by atoms with Gasteiger partial charge in [-0.25, -0.2) is 4.98 Å². The summed E-state index contributed by atoms with van der Waals surface area (Å²) in [7, 11) is 0. The standard InChI is InChI=1S/C23H18N4O2S/c1-15-9-10-17(12-19(15)25-21(28)16-6-3-2-4-7-16)22(29)27-23-26-20(14-30-23)18-8-5-11-24-13-18/h2-14H,1H3,(H,25,28)(H,26,27,29). The van der Waals surface area contributed by atoms with Crippen molar-refractivity contribution in [3.05, 3.63) is 95.1 Å². The van der Waals surface area contributed by atoms with Crippen molar-refractivity contribution in [2.45, 2.75) is 6.92 Å². The van der Waals surface area contributed by atoms with E-state index in [1.54, 1.807) is 54.9 Å². The molecule has 0 bridgehead atoms. The van der Waals surface area contributed by atoms with E-state index in [9.17, 15) is 9.59 Å².